The molecule has 1 rings (SSSR count). The summed E-state index contributed by atoms with van der Waals surface area (Å²) in [5.74, 6) is 0.781. The van der Waals surface area contributed by atoms with Gasteiger partial charge in [0.1, 0.15) is 12.4 Å². The molecule has 1 aromatic rings. The molecule has 0 unspecified atom stereocenters. The van der Waals surface area contributed by atoms with Gasteiger partial charge in [0.05, 0.1) is 11.6 Å². The van der Waals surface area contributed by atoms with Gasteiger partial charge < -0.3 is 10.1 Å². The van der Waals surface area contributed by atoms with E-state index in [0.29, 0.717) is 30.3 Å². The van der Waals surface area contributed by atoms with Gasteiger partial charge in [0.2, 0.25) is 5.91 Å². The molecular weight excluding hydrogens is 394 g/mol. The third kappa shape index (κ3) is 15.6. The van der Waals surface area contributed by atoms with Crippen molar-refractivity contribution >= 4 is 17.5 Å². The van der Waals surface area contributed by atoms with E-state index in [9.17, 15) is 4.79 Å². The predicted molar refractivity (Wildman–Crippen MR) is 130 cm³/mol. The van der Waals surface area contributed by atoms with Crippen molar-refractivity contribution in [3.8, 4) is 5.75 Å². The normalized spacial score (nSPS) is 10.9. The Labute approximate surface area is 190 Å². The number of hydrogen-bond acceptors (Lipinski definition) is 2. The average molecular weight is 438 g/mol. The number of ether oxygens (including phenoxy) is 1. The van der Waals surface area contributed by atoms with Crippen LogP contribution < -0.4 is 10.1 Å². The van der Waals surface area contributed by atoms with E-state index in [0.717, 1.165) is 12.8 Å². The lowest BCUT2D eigenvalue weighted by Gasteiger charge is -2.09. The van der Waals surface area contributed by atoms with Crippen LogP contribution in [0.15, 0.2) is 24.3 Å². The lowest BCUT2D eigenvalue weighted by atomic mass is 10.0. The zero-order chi connectivity index (χ0) is 21.7. The first-order valence-electron chi connectivity index (χ1n) is 12.4. The van der Waals surface area contributed by atoms with Gasteiger partial charge in [-0.15, -0.1) is 0 Å². The Morgan fingerprint density at radius 3 is 1.83 bits per heavy atom. The number of carbonyl (C=O) groups excluding carboxylic acids is 1. The lowest BCUT2D eigenvalue weighted by Crippen LogP contribution is -2.27. The first-order chi connectivity index (χ1) is 14.7. The second-order valence-corrected chi connectivity index (χ2v) is 8.74. The second-order valence-electron chi connectivity index (χ2n) is 8.33. The van der Waals surface area contributed by atoms with Crippen LogP contribution in [-0.2, 0) is 4.79 Å². The van der Waals surface area contributed by atoms with Gasteiger partial charge in [-0.1, -0.05) is 121 Å². The van der Waals surface area contributed by atoms with Crippen molar-refractivity contribution in [2.45, 2.75) is 110 Å². The quantitative estimate of drug-likeness (QED) is 0.209. The molecule has 3 nitrogen and oxygen atoms in total. The van der Waals surface area contributed by atoms with E-state index in [4.69, 9.17) is 16.3 Å². The maximum Gasteiger partial charge on any atom is 0.220 e. The van der Waals surface area contributed by atoms with Crippen molar-refractivity contribution in [3.63, 3.8) is 0 Å². The Bertz CT molecular complexity index is 536. The smallest absolute Gasteiger partial charge is 0.220 e. The van der Waals surface area contributed by atoms with Gasteiger partial charge >= 0.3 is 0 Å². The van der Waals surface area contributed by atoms with Crippen molar-refractivity contribution < 1.29 is 9.53 Å². The van der Waals surface area contributed by atoms with Crippen molar-refractivity contribution in [2.75, 3.05) is 13.2 Å². The number of carbonyl (C=O) groups is 1. The highest BCUT2D eigenvalue weighted by atomic mass is 35.5. The van der Waals surface area contributed by atoms with Gasteiger partial charge in [-0.2, -0.15) is 0 Å². The number of halogens is 1. The van der Waals surface area contributed by atoms with Crippen molar-refractivity contribution in [1.82, 2.24) is 5.32 Å². The van der Waals surface area contributed by atoms with Crippen LogP contribution in [0.25, 0.3) is 0 Å². The Morgan fingerprint density at radius 1 is 0.800 bits per heavy atom. The van der Waals surface area contributed by atoms with Gasteiger partial charge in [-0.3, -0.25) is 4.79 Å². The van der Waals surface area contributed by atoms with E-state index in [2.05, 4.69) is 12.2 Å². The van der Waals surface area contributed by atoms with Crippen molar-refractivity contribution in [3.05, 3.63) is 29.3 Å². The first kappa shape index (κ1) is 26.8. The molecular formula is C26H44ClNO2. The topological polar surface area (TPSA) is 38.3 Å². The second kappa shape index (κ2) is 19.7. The fraction of sp³-hybridized carbons (Fsp3) is 0.731. The Kier molecular flexibility index (Phi) is 17.6. The van der Waals surface area contributed by atoms with Gasteiger partial charge in [0, 0.05) is 6.42 Å². The predicted octanol–water partition coefficient (Wildman–Crippen LogP) is 8.10. The maximum atomic E-state index is 11.9. The van der Waals surface area contributed by atoms with E-state index in [1.807, 2.05) is 18.2 Å². The van der Waals surface area contributed by atoms with Crippen LogP contribution in [0.5, 0.6) is 5.75 Å². The van der Waals surface area contributed by atoms with Gasteiger partial charge in [-0.05, 0) is 18.6 Å². The highest BCUT2D eigenvalue weighted by molar-refractivity contribution is 6.32. The number of rotatable bonds is 20. The molecule has 0 radical (unpaired) electrons. The fourth-order valence-corrected chi connectivity index (χ4v) is 3.85. The van der Waals surface area contributed by atoms with Crippen molar-refractivity contribution in [2.24, 2.45) is 0 Å². The molecule has 1 amide bonds. The first-order valence-corrected chi connectivity index (χ1v) is 12.8. The third-order valence-corrected chi connectivity index (χ3v) is 5.84. The van der Waals surface area contributed by atoms with E-state index < -0.39 is 0 Å². The summed E-state index contributed by atoms with van der Waals surface area (Å²) in [5, 5.41) is 3.51. The SMILES string of the molecule is CCCCCCCCCCCCCCCCCC(=O)NCCOc1ccccc1Cl. The van der Waals surface area contributed by atoms with E-state index in [1.54, 1.807) is 6.07 Å². The molecule has 0 heterocycles. The van der Waals surface area contributed by atoms with Crippen LogP contribution in [-0.4, -0.2) is 19.1 Å². The van der Waals surface area contributed by atoms with Crippen LogP contribution in [0.1, 0.15) is 110 Å². The summed E-state index contributed by atoms with van der Waals surface area (Å²) in [7, 11) is 0. The summed E-state index contributed by atoms with van der Waals surface area (Å²) in [5.41, 5.74) is 0. The molecule has 1 aromatic carbocycles. The molecule has 0 aliphatic rings. The Balaban J connectivity index is 1.79. The van der Waals surface area contributed by atoms with Crippen LogP contribution in [0.2, 0.25) is 5.02 Å². The molecule has 0 aromatic heterocycles. The number of para-hydroxylation sites is 1. The van der Waals surface area contributed by atoms with Crippen LogP contribution in [0.4, 0.5) is 0 Å². The summed E-state index contributed by atoms with van der Waals surface area (Å²) in [6, 6.07) is 7.39. The van der Waals surface area contributed by atoms with E-state index in [1.165, 1.54) is 83.5 Å². The number of benzene rings is 1. The minimum Gasteiger partial charge on any atom is -0.490 e. The van der Waals surface area contributed by atoms with E-state index >= 15 is 0 Å². The molecule has 0 atom stereocenters. The molecule has 0 bridgehead atoms. The fourth-order valence-electron chi connectivity index (χ4n) is 3.66. The highest BCUT2D eigenvalue weighted by Crippen LogP contribution is 2.22. The van der Waals surface area contributed by atoms with Gasteiger partial charge in [-0.25, -0.2) is 0 Å². The molecule has 0 spiro atoms. The molecule has 0 aliphatic carbocycles. The number of amides is 1. The molecule has 30 heavy (non-hydrogen) atoms. The number of nitrogens with one attached hydrogen (secondary N) is 1. The lowest BCUT2D eigenvalue weighted by molar-refractivity contribution is -0.121. The Morgan fingerprint density at radius 2 is 1.30 bits per heavy atom. The van der Waals surface area contributed by atoms with E-state index in [-0.39, 0.29) is 5.91 Å². The zero-order valence-corrected chi connectivity index (χ0v) is 20.0. The summed E-state index contributed by atoms with van der Waals surface area (Å²) < 4.78 is 5.57. The summed E-state index contributed by atoms with van der Waals surface area (Å²) in [6.07, 6.45) is 20.7. The molecule has 0 saturated carbocycles. The molecule has 0 aliphatic heterocycles. The van der Waals surface area contributed by atoms with Gasteiger partial charge in [0.25, 0.3) is 0 Å². The summed E-state index contributed by atoms with van der Waals surface area (Å²) in [4.78, 5) is 11.9. The molecule has 4 heteroatoms. The van der Waals surface area contributed by atoms with Crippen LogP contribution in [0.3, 0.4) is 0 Å². The van der Waals surface area contributed by atoms with Gasteiger partial charge in [0.15, 0.2) is 0 Å². The van der Waals surface area contributed by atoms with Crippen LogP contribution >= 0.6 is 11.6 Å². The Hall–Kier alpha value is -1.22. The maximum absolute atomic E-state index is 11.9. The minimum atomic E-state index is 0.118. The van der Waals surface area contributed by atoms with Crippen molar-refractivity contribution in [1.29, 1.82) is 0 Å². The molecule has 1 N–H and O–H groups in total. The zero-order valence-electron chi connectivity index (χ0n) is 19.2. The standard InChI is InChI=1S/C26H44ClNO2/c1-2-3-4-5-6-7-8-9-10-11-12-13-14-15-16-21-26(29)28-22-23-30-25-20-18-17-19-24(25)27/h17-20H,2-16,21-23H2,1H3,(H,28,29). The molecule has 0 saturated heterocycles. The minimum absolute atomic E-state index is 0.118. The highest BCUT2D eigenvalue weighted by Gasteiger charge is 2.02. The summed E-state index contributed by atoms with van der Waals surface area (Å²) in [6.45, 7) is 3.23. The summed E-state index contributed by atoms with van der Waals surface area (Å²) >= 11 is 6.03. The average Bonchev–Trinajstić information content (AvgIpc) is 2.75. The monoisotopic (exact) mass is 437 g/mol. The van der Waals surface area contributed by atoms with Crippen LogP contribution in [0, 0.1) is 0 Å². The molecule has 172 valence electrons. The largest absolute Gasteiger partial charge is 0.490 e. The number of hydrogen-bond donors (Lipinski definition) is 1. The third-order valence-electron chi connectivity index (χ3n) is 5.53. The molecule has 0 fully saturated rings. The number of unbranched alkanes of at least 4 members (excludes halogenated alkanes) is 14.